The average molecular weight is 551 g/mol. The first-order valence-electron chi connectivity index (χ1n) is 13.6. The van der Waals surface area contributed by atoms with Gasteiger partial charge in [-0.1, -0.05) is 6.07 Å². The molecule has 3 aromatic heterocycles. The minimum absolute atomic E-state index is 0.142. The molecule has 0 bridgehead atoms. The van der Waals surface area contributed by atoms with Gasteiger partial charge in [-0.3, -0.25) is 4.98 Å². The van der Waals surface area contributed by atoms with E-state index in [-0.39, 0.29) is 24.3 Å². The zero-order valence-corrected chi connectivity index (χ0v) is 23.1. The summed E-state index contributed by atoms with van der Waals surface area (Å²) in [7, 11) is 0. The van der Waals surface area contributed by atoms with E-state index in [4.69, 9.17) is 19.7 Å². The molecule has 7 nitrogen and oxygen atoms in total. The Balaban J connectivity index is 1.24. The van der Waals surface area contributed by atoms with Gasteiger partial charge in [0, 0.05) is 18.3 Å². The van der Waals surface area contributed by atoms with E-state index in [9.17, 15) is 8.78 Å². The number of ether oxygens (including phenoxy) is 1. The topological polar surface area (TPSA) is 84.9 Å². The first-order chi connectivity index (χ1) is 18.9. The molecule has 2 saturated carbocycles. The lowest BCUT2D eigenvalue weighted by atomic mass is 10.1. The maximum absolute atomic E-state index is 14.0. The molecule has 10 heteroatoms. The van der Waals surface area contributed by atoms with Crippen LogP contribution < -0.4 is 15.4 Å². The molecule has 0 spiro atoms. The van der Waals surface area contributed by atoms with Crippen molar-refractivity contribution in [1.82, 2.24) is 19.9 Å². The minimum atomic E-state index is -0.675. The predicted octanol–water partition coefficient (Wildman–Crippen LogP) is 6.91. The first-order valence-corrected chi connectivity index (χ1v) is 14.4. The molecule has 3 unspecified atom stereocenters. The van der Waals surface area contributed by atoms with Gasteiger partial charge in [-0.15, -0.1) is 11.3 Å². The predicted molar refractivity (Wildman–Crippen MR) is 150 cm³/mol. The maximum Gasteiger partial charge on any atom is 0.225 e. The molecule has 0 amide bonds. The van der Waals surface area contributed by atoms with Crippen molar-refractivity contribution in [3.8, 4) is 16.3 Å². The molecule has 3 atom stereocenters. The summed E-state index contributed by atoms with van der Waals surface area (Å²) < 4.78 is 34.7. The Hall–Kier alpha value is -3.40. The second-order valence-corrected chi connectivity index (χ2v) is 11.8. The maximum atomic E-state index is 14.0. The number of hydrogen-bond acceptors (Lipinski definition) is 8. The number of anilines is 2. The number of fused-ring (bicyclic) bond motifs is 1. The fourth-order valence-electron chi connectivity index (χ4n) is 5.38. The highest BCUT2D eigenvalue weighted by molar-refractivity contribution is 7.21. The van der Waals surface area contributed by atoms with Gasteiger partial charge in [0.15, 0.2) is 17.4 Å². The molecule has 1 aromatic carbocycles. The van der Waals surface area contributed by atoms with Gasteiger partial charge in [0.05, 0.1) is 28.3 Å². The van der Waals surface area contributed by atoms with Crippen LogP contribution in [-0.2, 0) is 0 Å². The fourth-order valence-corrected chi connectivity index (χ4v) is 6.49. The number of nitrogens with zero attached hydrogens (tertiary/aromatic N) is 4. The lowest BCUT2D eigenvalue weighted by Gasteiger charge is -2.20. The smallest absolute Gasteiger partial charge is 0.225 e. The van der Waals surface area contributed by atoms with Crippen molar-refractivity contribution >= 4 is 33.3 Å². The second kappa shape index (κ2) is 10.6. The number of thiazole rings is 1. The summed E-state index contributed by atoms with van der Waals surface area (Å²) in [5.41, 5.74) is 3.54. The summed E-state index contributed by atoms with van der Waals surface area (Å²) in [6, 6.07) is 6.21. The van der Waals surface area contributed by atoms with E-state index in [0.29, 0.717) is 17.9 Å². The summed E-state index contributed by atoms with van der Waals surface area (Å²) in [6.45, 7) is 6.41. The number of aromatic nitrogens is 4. The lowest BCUT2D eigenvalue weighted by molar-refractivity contribution is 0.231. The average Bonchev–Trinajstić information content (AvgIpc) is 3.51. The van der Waals surface area contributed by atoms with Crippen LogP contribution in [0.2, 0.25) is 0 Å². The fraction of sp³-hybridized carbons (Fsp3) is 0.448. The Labute approximate surface area is 230 Å². The number of halogens is 2. The molecule has 6 rings (SSSR count). The SMILES string of the molecule is Cc1nc(NC(C)C2CC2)nc(NC2CCC(COc3c(F)cccc3F)C2)c1-c1nc2c(C)nccc2s1. The largest absolute Gasteiger partial charge is 0.487 e. The molecule has 2 aliphatic rings. The van der Waals surface area contributed by atoms with Crippen LogP contribution in [0.1, 0.15) is 50.4 Å². The van der Waals surface area contributed by atoms with Crippen molar-refractivity contribution in [1.29, 1.82) is 0 Å². The highest BCUT2D eigenvalue weighted by atomic mass is 32.1. The van der Waals surface area contributed by atoms with Crippen molar-refractivity contribution in [3.05, 3.63) is 53.5 Å². The Kier molecular flexibility index (Phi) is 7.05. The van der Waals surface area contributed by atoms with Crippen molar-refractivity contribution in [3.63, 3.8) is 0 Å². The summed E-state index contributed by atoms with van der Waals surface area (Å²) >= 11 is 1.61. The second-order valence-electron chi connectivity index (χ2n) is 10.8. The Morgan fingerprint density at radius 3 is 2.56 bits per heavy atom. The Bertz CT molecular complexity index is 1490. The van der Waals surface area contributed by atoms with E-state index in [1.807, 2.05) is 26.1 Å². The number of hydrogen-bond donors (Lipinski definition) is 2. The number of pyridine rings is 1. The monoisotopic (exact) mass is 550 g/mol. The van der Waals surface area contributed by atoms with Crippen molar-refractivity contribution in [2.75, 3.05) is 17.2 Å². The van der Waals surface area contributed by atoms with Crippen molar-refractivity contribution < 1.29 is 13.5 Å². The van der Waals surface area contributed by atoms with Crippen LogP contribution in [-0.4, -0.2) is 38.6 Å². The molecule has 39 heavy (non-hydrogen) atoms. The molecular weight excluding hydrogens is 518 g/mol. The van der Waals surface area contributed by atoms with E-state index in [0.717, 1.165) is 57.3 Å². The molecule has 4 aromatic rings. The molecule has 0 saturated heterocycles. The molecule has 2 fully saturated rings. The molecule has 3 heterocycles. The van der Waals surface area contributed by atoms with Crippen LogP contribution in [0, 0.1) is 37.3 Å². The van der Waals surface area contributed by atoms with Gasteiger partial charge >= 0.3 is 0 Å². The molecule has 0 radical (unpaired) electrons. The normalized spacial score (nSPS) is 19.8. The number of nitrogens with one attached hydrogen (secondary N) is 2. The van der Waals surface area contributed by atoms with Gasteiger partial charge in [-0.2, -0.15) is 4.98 Å². The highest BCUT2D eigenvalue weighted by Crippen LogP contribution is 2.39. The number of benzene rings is 1. The molecule has 204 valence electrons. The molecule has 2 N–H and O–H groups in total. The first kappa shape index (κ1) is 25.9. The zero-order chi connectivity index (χ0) is 27.1. The quantitative estimate of drug-likeness (QED) is 0.234. The highest BCUT2D eigenvalue weighted by Gasteiger charge is 2.30. The van der Waals surface area contributed by atoms with E-state index in [2.05, 4.69) is 22.5 Å². The Morgan fingerprint density at radius 1 is 1.03 bits per heavy atom. The summed E-state index contributed by atoms with van der Waals surface area (Å²) in [4.78, 5) is 19.1. The van der Waals surface area contributed by atoms with Crippen molar-refractivity contribution in [2.24, 2.45) is 11.8 Å². The summed E-state index contributed by atoms with van der Waals surface area (Å²) in [5.74, 6) is 0.560. The standard InChI is InChI=1S/C29H32F2N6OS/c1-15(19-8-9-19)33-29-34-16(2)24(28-36-25-17(3)32-12-11-23(25)39-28)27(37-29)35-20-10-7-18(13-20)14-38-26-21(30)5-4-6-22(26)31/h4-6,11-12,15,18-20H,7-10,13-14H2,1-3H3,(H2,33,34,35,37). The van der Waals surface area contributed by atoms with Crippen LogP contribution in [0.25, 0.3) is 20.8 Å². The van der Waals surface area contributed by atoms with Gasteiger partial charge < -0.3 is 15.4 Å². The summed E-state index contributed by atoms with van der Waals surface area (Å²) in [5, 5.41) is 8.03. The van der Waals surface area contributed by atoms with E-state index in [1.165, 1.54) is 31.0 Å². The third-order valence-corrected chi connectivity index (χ3v) is 8.78. The van der Waals surface area contributed by atoms with Gasteiger partial charge in [-0.05, 0) is 82.9 Å². The van der Waals surface area contributed by atoms with Crippen LogP contribution in [0.3, 0.4) is 0 Å². The van der Waals surface area contributed by atoms with E-state index in [1.54, 1.807) is 11.3 Å². The lowest BCUT2D eigenvalue weighted by Crippen LogP contribution is -2.22. The third-order valence-electron chi connectivity index (χ3n) is 7.74. The van der Waals surface area contributed by atoms with Gasteiger partial charge in [0.2, 0.25) is 5.95 Å². The number of para-hydroxylation sites is 1. The van der Waals surface area contributed by atoms with Crippen LogP contribution >= 0.6 is 11.3 Å². The van der Waals surface area contributed by atoms with Gasteiger partial charge in [0.25, 0.3) is 0 Å². The molecule has 0 aliphatic heterocycles. The van der Waals surface area contributed by atoms with Gasteiger partial charge in [0.1, 0.15) is 16.3 Å². The number of aryl methyl sites for hydroxylation is 2. The van der Waals surface area contributed by atoms with Crippen LogP contribution in [0.5, 0.6) is 5.75 Å². The van der Waals surface area contributed by atoms with Crippen molar-refractivity contribution in [2.45, 2.75) is 65.0 Å². The van der Waals surface area contributed by atoms with Crippen LogP contribution in [0.15, 0.2) is 30.5 Å². The third kappa shape index (κ3) is 5.52. The summed E-state index contributed by atoms with van der Waals surface area (Å²) in [6.07, 6.45) is 6.88. The number of rotatable bonds is 9. The van der Waals surface area contributed by atoms with Gasteiger partial charge in [-0.25, -0.2) is 18.7 Å². The zero-order valence-electron chi connectivity index (χ0n) is 22.3. The van der Waals surface area contributed by atoms with Crippen LogP contribution in [0.4, 0.5) is 20.5 Å². The van der Waals surface area contributed by atoms with E-state index < -0.39 is 11.6 Å². The minimum Gasteiger partial charge on any atom is -0.487 e. The molecular formula is C29H32F2N6OS. The van der Waals surface area contributed by atoms with E-state index >= 15 is 0 Å². The molecule has 2 aliphatic carbocycles. The Morgan fingerprint density at radius 2 is 1.82 bits per heavy atom.